The van der Waals surface area contributed by atoms with Gasteiger partial charge in [0.25, 0.3) is 0 Å². The maximum atomic E-state index is 10.9. The van der Waals surface area contributed by atoms with Crippen molar-refractivity contribution in [1.29, 1.82) is 0 Å². The standard InChI is InChI=1S/C11H13NO2/c12-9-3-1-8(2-4-9)7-11(5-6-11)10(13)14/h1-4H,5-7,12H2,(H,13,14). The largest absolute Gasteiger partial charge is 0.481 e. The lowest BCUT2D eigenvalue weighted by molar-refractivity contribution is -0.143. The first-order valence-electron chi connectivity index (χ1n) is 4.70. The van der Waals surface area contributed by atoms with Gasteiger partial charge in [0.1, 0.15) is 0 Å². The molecule has 1 aliphatic rings. The van der Waals surface area contributed by atoms with E-state index in [4.69, 9.17) is 10.8 Å². The SMILES string of the molecule is Nc1ccc(CC2(C(=O)O)CC2)cc1. The Morgan fingerprint density at radius 2 is 1.93 bits per heavy atom. The van der Waals surface area contributed by atoms with Crippen LogP contribution >= 0.6 is 0 Å². The van der Waals surface area contributed by atoms with E-state index in [9.17, 15) is 4.79 Å². The van der Waals surface area contributed by atoms with Crippen LogP contribution in [0.3, 0.4) is 0 Å². The molecule has 74 valence electrons. The summed E-state index contributed by atoms with van der Waals surface area (Å²) in [5, 5.41) is 8.99. The van der Waals surface area contributed by atoms with Gasteiger partial charge in [-0.1, -0.05) is 12.1 Å². The summed E-state index contributed by atoms with van der Waals surface area (Å²) < 4.78 is 0. The molecule has 3 heteroatoms. The van der Waals surface area contributed by atoms with Crippen molar-refractivity contribution in [3.8, 4) is 0 Å². The molecule has 0 radical (unpaired) electrons. The van der Waals surface area contributed by atoms with Gasteiger partial charge < -0.3 is 10.8 Å². The summed E-state index contributed by atoms with van der Waals surface area (Å²) in [7, 11) is 0. The first-order chi connectivity index (χ1) is 6.62. The second kappa shape index (κ2) is 3.01. The van der Waals surface area contributed by atoms with Gasteiger partial charge >= 0.3 is 5.97 Å². The van der Waals surface area contributed by atoms with E-state index in [1.807, 2.05) is 24.3 Å². The minimum Gasteiger partial charge on any atom is -0.481 e. The molecule has 2 rings (SSSR count). The van der Waals surface area contributed by atoms with E-state index in [0.717, 1.165) is 18.4 Å². The molecular weight excluding hydrogens is 178 g/mol. The summed E-state index contributed by atoms with van der Waals surface area (Å²) in [4.78, 5) is 10.9. The predicted molar refractivity (Wildman–Crippen MR) is 53.9 cm³/mol. The number of nitrogens with two attached hydrogens (primary N) is 1. The van der Waals surface area contributed by atoms with Gasteiger partial charge in [-0.25, -0.2) is 0 Å². The van der Waals surface area contributed by atoms with Crippen molar-refractivity contribution >= 4 is 11.7 Å². The normalized spacial score (nSPS) is 17.7. The highest BCUT2D eigenvalue weighted by Crippen LogP contribution is 2.48. The maximum absolute atomic E-state index is 10.9. The van der Waals surface area contributed by atoms with Crippen molar-refractivity contribution in [1.82, 2.24) is 0 Å². The van der Waals surface area contributed by atoms with Crippen LogP contribution < -0.4 is 5.73 Å². The fourth-order valence-corrected chi connectivity index (χ4v) is 1.64. The first-order valence-corrected chi connectivity index (χ1v) is 4.70. The highest BCUT2D eigenvalue weighted by molar-refractivity contribution is 5.78. The Morgan fingerprint density at radius 3 is 2.36 bits per heavy atom. The van der Waals surface area contributed by atoms with Gasteiger partial charge in [-0.15, -0.1) is 0 Å². The fourth-order valence-electron chi connectivity index (χ4n) is 1.64. The van der Waals surface area contributed by atoms with Crippen LogP contribution in [0.1, 0.15) is 18.4 Å². The van der Waals surface area contributed by atoms with E-state index >= 15 is 0 Å². The number of carbonyl (C=O) groups is 1. The number of hydrogen-bond donors (Lipinski definition) is 2. The molecule has 1 aliphatic carbocycles. The zero-order valence-corrected chi connectivity index (χ0v) is 7.86. The predicted octanol–water partition coefficient (Wildman–Crippen LogP) is 1.68. The second-order valence-corrected chi connectivity index (χ2v) is 4.00. The molecule has 0 spiro atoms. The molecule has 0 unspecified atom stereocenters. The highest BCUT2D eigenvalue weighted by atomic mass is 16.4. The van der Waals surface area contributed by atoms with Crippen molar-refractivity contribution in [2.24, 2.45) is 5.41 Å². The van der Waals surface area contributed by atoms with Gasteiger partial charge in [0.2, 0.25) is 0 Å². The van der Waals surface area contributed by atoms with E-state index < -0.39 is 11.4 Å². The summed E-state index contributed by atoms with van der Waals surface area (Å²) in [5.41, 5.74) is 6.84. The number of hydrogen-bond acceptors (Lipinski definition) is 2. The van der Waals surface area contributed by atoms with Gasteiger partial charge in [0.05, 0.1) is 5.41 Å². The zero-order valence-electron chi connectivity index (χ0n) is 7.86. The quantitative estimate of drug-likeness (QED) is 0.714. The average Bonchev–Trinajstić information content (AvgIpc) is 2.90. The number of carboxylic acid groups (broad SMARTS) is 1. The van der Waals surface area contributed by atoms with Crippen molar-refractivity contribution in [3.05, 3.63) is 29.8 Å². The Bertz CT molecular complexity index is 352. The molecule has 1 saturated carbocycles. The molecule has 1 aromatic rings. The van der Waals surface area contributed by atoms with Gasteiger partial charge in [-0.2, -0.15) is 0 Å². The minimum absolute atomic E-state index is 0.476. The third-order valence-electron chi connectivity index (χ3n) is 2.83. The summed E-state index contributed by atoms with van der Waals surface area (Å²) >= 11 is 0. The Balaban J connectivity index is 2.11. The van der Waals surface area contributed by atoms with E-state index in [0.29, 0.717) is 12.1 Å². The minimum atomic E-state index is -0.672. The van der Waals surface area contributed by atoms with Crippen molar-refractivity contribution < 1.29 is 9.90 Å². The van der Waals surface area contributed by atoms with E-state index in [1.54, 1.807) is 0 Å². The number of nitrogen functional groups attached to an aromatic ring is 1. The van der Waals surface area contributed by atoms with Gasteiger partial charge in [-0.3, -0.25) is 4.79 Å². The molecule has 0 saturated heterocycles. The molecule has 14 heavy (non-hydrogen) atoms. The van der Waals surface area contributed by atoms with Crippen LogP contribution in [0, 0.1) is 5.41 Å². The van der Waals surface area contributed by atoms with Gasteiger partial charge in [-0.05, 0) is 37.0 Å². The number of rotatable bonds is 3. The lowest BCUT2D eigenvalue weighted by Crippen LogP contribution is -2.17. The zero-order chi connectivity index (χ0) is 10.2. The lowest BCUT2D eigenvalue weighted by Gasteiger charge is -2.09. The maximum Gasteiger partial charge on any atom is 0.309 e. The first kappa shape index (κ1) is 9.06. The van der Waals surface area contributed by atoms with Crippen molar-refractivity contribution in [2.75, 3.05) is 5.73 Å². The van der Waals surface area contributed by atoms with Crippen LogP contribution in [0.25, 0.3) is 0 Å². The topological polar surface area (TPSA) is 63.3 Å². The molecule has 3 nitrogen and oxygen atoms in total. The molecule has 0 aliphatic heterocycles. The van der Waals surface area contributed by atoms with E-state index in [2.05, 4.69) is 0 Å². The number of aliphatic carboxylic acids is 1. The third kappa shape index (κ3) is 1.58. The van der Waals surface area contributed by atoms with Crippen molar-refractivity contribution in [2.45, 2.75) is 19.3 Å². The highest BCUT2D eigenvalue weighted by Gasteiger charge is 2.49. The van der Waals surface area contributed by atoms with Crippen LogP contribution in [0.2, 0.25) is 0 Å². The summed E-state index contributed by atoms with van der Waals surface area (Å²) in [6, 6.07) is 7.43. The molecule has 3 N–H and O–H groups in total. The molecule has 1 aromatic carbocycles. The Hall–Kier alpha value is -1.51. The second-order valence-electron chi connectivity index (χ2n) is 4.00. The molecule has 0 aromatic heterocycles. The number of anilines is 1. The summed E-state index contributed by atoms with van der Waals surface area (Å²) in [6.45, 7) is 0. The Morgan fingerprint density at radius 1 is 1.36 bits per heavy atom. The van der Waals surface area contributed by atoms with Crippen molar-refractivity contribution in [3.63, 3.8) is 0 Å². The van der Waals surface area contributed by atoms with Crippen LogP contribution in [-0.2, 0) is 11.2 Å². The fraction of sp³-hybridized carbons (Fsp3) is 0.364. The third-order valence-corrected chi connectivity index (χ3v) is 2.83. The van der Waals surface area contributed by atoms with Gasteiger partial charge in [0, 0.05) is 5.69 Å². The van der Waals surface area contributed by atoms with Crippen LogP contribution in [0.5, 0.6) is 0 Å². The van der Waals surface area contributed by atoms with Crippen LogP contribution in [0.4, 0.5) is 5.69 Å². The Kier molecular flexibility index (Phi) is 1.95. The monoisotopic (exact) mass is 191 g/mol. The van der Waals surface area contributed by atoms with E-state index in [-0.39, 0.29) is 0 Å². The molecular formula is C11H13NO2. The molecule has 0 heterocycles. The lowest BCUT2D eigenvalue weighted by atomic mass is 9.97. The molecule has 1 fully saturated rings. The molecule has 0 amide bonds. The van der Waals surface area contributed by atoms with E-state index in [1.165, 1.54) is 0 Å². The van der Waals surface area contributed by atoms with Crippen LogP contribution in [0.15, 0.2) is 24.3 Å². The average molecular weight is 191 g/mol. The van der Waals surface area contributed by atoms with Gasteiger partial charge in [0.15, 0.2) is 0 Å². The number of carboxylic acids is 1. The molecule has 0 atom stereocenters. The number of benzene rings is 1. The smallest absolute Gasteiger partial charge is 0.309 e. The Labute approximate surface area is 82.5 Å². The summed E-state index contributed by atoms with van der Waals surface area (Å²) in [5.74, 6) is -0.672. The summed E-state index contributed by atoms with van der Waals surface area (Å²) in [6.07, 6.45) is 2.22. The van der Waals surface area contributed by atoms with Crippen LogP contribution in [-0.4, -0.2) is 11.1 Å². The molecule has 0 bridgehead atoms.